The van der Waals surface area contributed by atoms with Crippen LogP contribution in [0, 0.1) is 0 Å². The first-order valence-electron chi connectivity index (χ1n) is 9.84. The number of hydrogen-bond acceptors (Lipinski definition) is 4. The Balaban J connectivity index is 1.40. The molecule has 1 fully saturated rings. The van der Waals surface area contributed by atoms with E-state index < -0.39 is 0 Å². The van der Waals surface area contributed by atoms with Crippen LogP contribution in [0.25, 0.3) is 0 Å². The first-order valence-corrected chi connectivity index (χ1v) is 10.7. The van der Waals surface area contributed by atoms with Gasteiger partial charge in [-0.3, -0.25) is 9.59 Å². The van der Waals surface area contributed by atoms with Gasteiger partial charge in [-0.1, -0.05) is 12.1 Å². The predicted molar refractivity (Wildman–Crippen MR) is 109 cm³/mol. The zero-order valence-corrected chi connectivity index (χ0v) is 17.0. The van der Waals surface area contributed by atoms with Gasteiger partial charge in [-0.2, -0.15) is 0 Å². The van der Waals surface area contributed by atoms with Crippen LogP contribution in [0.3, 0.4) is 0 Å². The van der Waals surface area contributed by atoms with Crippen LogP contribution in [-0.2, 0) is 29.0 Å². The van der Waals surface area contributed by atoms with Crippen LogP contribution in [0.4, 0.5) is 0 Å². The maximum Gasteiger partial charge on any atom is 0.222 e. The topological polar surface area (TPSA) is 58.6 Å². The van der Waals surface area contributed by atoms with Crippen molar-refractivity contribution in [2.45, 2.75) is 50.6 Å². The Kier molecular flexibility index (Phi) is 5.40. The minimum absolute atomic E-state index is 0.0850. The minimum Gasteiger partial charge on any atom is -0.497 e. The molecule has 1 aromatic heterocycles. The molecule has 2 aliphatic rings. The third kappa shape index (κ3) is 4.07. The van der Waals surface area contributed by atoms with Crippen molar-refractivity contribution in [3.63, 3.8) is 0 Å². The molecule has 28 heavy (non-hydrogen) atoms. The number of benzene rings is 1. The van der Waals surface area contributed by atoms with E-state index in [1.54, 1.807) is 18.4 Å². The van der Waals surface area contributed by atoms with Gasteiger partial charge in [0.05, 0.1) is 7.11 Å². The van der Waals surface area contributed by atoms with E-state index in [-0.39, 0.29) is 17.4 Å². The van der Waals surface area contributed by atoms with Crippen molar-refractivity contribution in [3.05, 3.63) is 51.7 Å². The highest BCUT2D eigenvalue weighted by Crippen LogP contribution is 2.31. The molecule has 2 amide bonds. The van der Waals surface area contributed by atoms with Gasteiger partial charge in [0, 0.05) is 36.3 Å². The average Bonchev–Trinajstić information content (AvgIpc) is 3.33. The van der Waals surface area contributed by atoms with E-state index in [0.717, 1.165) is 43.7 Å². The number of nitrogens with zero attached hydrogens (tertiary/aromatic N) is 1. The number of amides is 2. The molecule has 1 aromatic carbocycles. The molecule has 0 saturated carbocycles. The lowest BCUT2D eigenvalue weighted by Gasteiger charge is -2.32. The van der Waals surface area contributed by atoms with Crippen LogP contribution in [0.15, 0.2) is 35.7 Å². The van der Waals surface area contributed by atoms with Crippen molar-refractivity contribution in [3.8, 4) is 5.75 Å². The summed E-state index contributed by atoms with van der Waals surface area (Å²) in [6.07, 6.45) is 4.15. The van der Waals surface area contributed by atoms with Crippen molar-refractivity contribution in [1.29, 1.82) is 0 Å². The third-order valence-electron chi connectivity index (χ3n) is 5.91. The molecule has 0 bridgehead atoms. The highest BCUT2D eigenvalue weighted by Gasteiger charge is 2.38. The molecule has 2 aromatic rings. The Bertz CT molecular complexity index is 861. The van der Waals surface area contributed by atoms with Gasteiger partial charge in [0.25, 0.3) is 0 Å². The number of carbonyl (C=O) groups is 2. The molecular formula is C22H26N2O3S. The summed E-state index contributed by atoms with van der Waals surface area (Å²) in [6, 6.07) is 10.1. The van der Waals surface area contributed by atoms with E-state index in [4.69, 9.17) is 4.74 Å². The van der Waals surface area contributed by atoms with Crippen molar-refractivity contribution >= 4 is 23.2 Å². The SMILES string of the molecule is COc1ccc(CC2(CCC(=O)N3CCc4sccc4C3)CCC(=O)N2)cc1. The highest BCUT2D eigenvalue weighted by molar-refractivity contribution is 7.10. The van der Waals surface area contributed by atoms with Crippen LogP contribution in [0.1, 0.15) is 41.7 Å². The maximum absolute atomic E-state index is 12.8. The van der Waals surface area contributed by atoms with Crippen molar-refractivity contribution in [2.75, 3.05) is 13.7 Å². The van der Waals surface area contributed by atoms with Crippen LogP contribution >= 0.6 is 11.3 Å². The predicted octanol–water partition coefficient (Wildman–Crippen LogP) is 3.31. The number of ether oxygens (including phenoxy) is 1. The molecule has 1 unspecified atom stereocenters. The summed E-state index contributed by atoms with van der Waals surface area (Å²) in [7, 11) is 1.65. The van der Waals surface area contributed by atoms with Gasteiger partial charge in [0.2, 0.25) is 11.8 Å². The van der Waals surface area contributed by atoms with Crippen LogP contribution in [-0.4, -0.2) is 35.9 Å². The molecule has 6 heteroatoms. The lowest BCUT2D eigenvalue weighted by Crippen LogP contribution is -2.45. The van der Waals surface area contributed by atoms with E-state index in [1.807, 2.05) is 29.2 Å². The molecule has 3 heterocycles. The Morgan fingerprint density at radius 2 is 2.07 bits per heavy atom. The maximum atomic E-state index is 12.8. The molecule has 4 rings (SSSR count). The van der Waals surface area contributed by atoms with Gasteiger partial charge in [0.1, 0.15) is 5.75 Å². The van der Waals surface area contributed by atoms with Crippen LogP contribution in [0.5, 0.6) is 5.75 Å². The summed E-state index contributed by atoms with van der Waals surface area (Å²) >= 11 is 1.78. The number of rotatable bonds is 6. The van der Waals surface area contributed by atoms with Gasteiger partial charge >= 0.3 is 0 Å². The van der Waals surface area contributed by atoms with E-state index in [0.29, 0.717) is 19.3 Å². The van der Waals surface area contributed by atoms with Gasteiger partial charge in [-0.05, 0) is 60.4 Å². The van der Waals surface area contributed by atoms with E-state index in [9.17, 15) is 9.59 Å². The summed E-state index contributed by atoms with van der Waals surface area (Å²) < 4.78 is 5.23. The number of fused-ring (bicyclic) bond motifs is 1. The fourth-order valence-corrected chi connectivity index (χ4v) is 5.17. The fraction of sp³-hybridized carbons (Fsp3) is 0.455. The molecular weight excluding hydrogens is 372 g/mol. The highest BCUT2D eigenvalue weighted by atomic mass is 32.1. The Hall–Kier alpha value is -2.34. The lowest BCUT2D eigenvalue weighted by molar-refractivity contribution is -0.132. The molecule has 0 aliphatic carbocycles. The normalized spacial score (nSPS) is 21.3. The Morgan fingerprint density at radius 3 is 2.79 bits per heavy atom. The van der Waals surface area contributed by atoms with Crippen molar-refractivity contribution in [2.24, 2.45) is 0 Å². The third-order valence-corrected chi connectivity index (χ3v) is 6.94. The number of methoxy groups -OCH3 is 1. The van der Waals surface area contributed by atoms with Crippen molar-refractivity contribution in [1.82, 2.24) is 10.2 Å². The second-order valence-corrected chi connectivity index (χ2v) is 8.79. The second kappa shape index (κ2) is 7.95. The lowest BCUT2D eigenvalue weighted by atomic mass is 9.84. The fourth-order valence-electron chi connectivity index (χ4n) is 4.28. The quantitative estimate of drug-likeness (QED) is 0.812. The van der Waals surface area contributed by atoms with E-state index in [1.165, 1.54) is 10.4 Å². The zero-order valence-electron chi connectivity index (χ0n) is 16.2. The van der Waals surface area contributed by atoms with E-state index in [2.05, 4.69) is 16.8 Å². The Labute approximate surface area is 169 Å². The minimum atomic E-state index is -0.329. The molecule has 1 N–H and O–H groups in total. The summed E-state index contributed by atoms with van der Waals surface area (Å²) in [5.41, 5.74) is 2.10. The summed E-state index contributed by atoms with van der Waals surface area (Å²) in [4.78, 5) is 28.2. The van der Waals surface area contributed by atoms with Crippen molar-refractivity contribution < 1.29 is 14.3 Å². The van der Waals surface area contributed by atoms with Crippen LogP contribution in [0.2, 0.25) is 0 Å². The molecule has 1 atom stereocenters. The monoisotopic (exact) mass is 398 g/mol. The van der Waals surface area contributed by atoms with Gasteiger partial charge in [-0.15, -0.1) is 11.3 Å². The summed E-state index contributed by atoms with van der Waals surface area (Å²) in [6.45, 7) is 1.51. The standard InChI is InChI=1S/C22H26N2O3S/c1-27-18-4-2-16(3-5-18)14-22(10-6-20(25)23-22)11-7-21(26)24-12-8-19-17(15-24)9-13-28-19/h2-5,9,13H,6-8,10-12,14-15H2,1H3,(H,23,25). The summed E-state index contributed by atoms with van der Waals surface area (Å²) in [5.74, 6) is 1.09. The molecule has 0 radical (unpaired) electrons. The molecule has 2 aliphatic heterocycles. The smallest absolute Gasteiger partial charge is 0.222 e. The second-order valence-electron chi connectivity index (χ2n) is 7.79. The number of carbonyl (C=O) groups excluding carboxylic acids is 2. The van der Waals surface area contributed by atoms with Gasteiger partial charge in [-0.25, -0.2) is 0 Å². The zero-order chi connectivity index (χ0) is 19.6. The van der Waals surface area contributed by atoms with Gasteiger partial charge < -0.3 is 15.0 Å². The number of nitrogens with one attached hydrogen (secondary N) is 1. The summed E-state index contributed by atoms with van der Waals surface area (Å²) in [5, 5.41) is 5.28. The number of hydrogen-bond donors (Lipinski definition) is 1. The number of thiophene rings is 1. The van der Waals surface area contributed by atoms with E-state index >= 15 is 0 Å². The molecule has 148 valence electrons. The van der Waals surface area contributed by atoms with Gasteiger partial charge in [0.15, 0.2) is 0 Å². The molecule has 1 saturated heterocycles. The van der Waals surface area contributed by atoms with Crippen LogP contribution < -0.4 is 10.1 Å². The largest absolute Gasteiger partial charge is 0.497 e. The Morgan fingerprint density at radius 1 is 1.25 bits per heavy atom. The first kappa shape index (κ1) is 19.0. The average molecular weight is 399 g/mol. The first-order chi connectivity index (χ1) is 13.6. The molecule has 0 spiro atoms. The molecule has 5 nitrogen and oxygen atoms in total.